The minimum absolute atomic E-state index is 0.0951. The molecule has 2 aliphatic heterocycles. The van der Waals surface area contributed by atoms with E-state index in [-0.39, 0.29) is 24.1 Å². The molecule has 3 amide bonds. The maximum Gasteiger partial charge on any atom is 0.251 e. The van der Waals surface area contributed by atoms with Gasteiger partial charge < -0.3 is 15.5 Å². The second kappa shape index (κ2) is 7.04. The molecule has 6 nitrogen and oxygen atoms in total. The van der Waals surface area contributed by atoms with Crippen LogP contribution in [0.4, 0.5) is 11.4 Å². The van der Waals surface area contributed by atoms with Crippen molar-refractivity contribution in [2.45, 2.75) is 12.8 Å². The Balaban J connectivity index is 1.46. The summed E-state index contributed by atoms with van der Waals surface area (Å²) in [4.78, 5) is 38.5. The maximum atomic E-state index is 12.6. The molecule has 7 heteroatoms. The maximum absolute atomic E-state index is 12.6. The summed E-state index contributed by atoms with van der Waals surface area (Å²) >= 11 is 5.89. The van der Waals surface area contributed by atoms with Gasteiger partial charge in [-0.25, -0.2) is 0 Å². The van der Waals surface area contributed by atoms with Crippen molar-refractivity contribution in [1.82, 2.24) is 5.32 Å². The molecule has 0 radical (unpaired) electrons. The molecule has 4 rings (SSSR count). The fourth-order valence-electron chi connectivity index (χ4n) is 3.49. The summed E-state index contributed by atoms with van der Waals surface area (Å²) < 4.78 is 0. The van der Waals surface area contributed by atoms with E-state index in [1.807, 2.05) is 6.07 Å². The van der Waals surface area contributed by atoms with E-state index in [9.17, 15) is 14.4 Å². The van der Waals surface area contributed by atoms with Crippen LogP contribution in [0.2, 0.25) is 5.02 Å². The van der Waals surface area contributed by atoms with Crippen molar-refractivity contribution in [2.75, 3.05) is 23.3 Å². The fourth-order valence-corrected chi connectivity index (χ4v) is 3.61. The highest BCUT2D eigenvalue weighted by molar-refractivity contribution is 6.30. The molecule has 0 unspecified atom stereocenters. The molecular formula is C20H18ClN3O3. The van der Waals surface area contributed by atoms with Crippen LogP contribution in [-0.4, -0.2) is 30.8 Å². The molecule has 2 aromatic carbocycles. The Hall–Kier alpha value is -2.86. The summed E-state index contributed by atoms with van der Waals surface area (Å²) in [6.45, 7) is 0.944. The zero-order valence-electron chi connectivity index (χ0n) is 14.5. The van der Waals surface area contributed by atoms with Crippen molar-refractivity contribution < 1.29 is 14.4 Å². The fraction of sp³-hybridized carbons (Fsp3) is 0.250. The number of amides is 3. The monoisotopic (exact) mass is 383 g/mol. The minimum Gasteiger partial charge on any atom is -0.352 e. The van der Waals surface area contributed by atoms with E-state index in [0.29, 0.717) is 29.4 Å². The topological polar surface area (TPSA) is 78.5 Å². The van der Waals surface area contributed by atoms with Crippen molar-refractivity contribution >= 4 is 40.7 Å². The van der Waals surface area contributed by atoms with Crippen molar-refractivity contribution in [2.24, 2.45) is 5.92 Å². The van der Waals surface area contributed by atoms with Crippen LogP contribution in [0.15, 0.2) is 42.5 Å². The van der Waals surface area contributed by atoms with Crippen LogP contribution in [-0.2, 0) is 16.0 Å². The SMILES string of the molecule is O=C1NCCc2ccc(NC(=O)[C@H]3CC(=O)N(c4ccc(Cl)cc4)C3)cc21. The molecule has 138 valence electrons. The lowest BCUT2D eigenvalue weighted by Gasteiger charge is -2.18. The van der Waals surface area contributed by atoms with Gasteiger partial charge in [-0.2, -0.15) is 0 Å². The van der Waals surface area contributed by atoms with Gasteiger partial charge >= 0.3 is 0 Å². The standard InChI is InChI=1S/C20H18ClN3O3/c21-14-2-5-16(6-3-14)24-11-13(9-18(24)25)19(26)23-15-4-1-12-7-8-22-20(27)17(12)10-15/h1-6,10,13H,7-9,11H2,(H,22,27)(H,23,26)/t13-/m0/s1. The molecule has 2 aromatic rings. The molecule has 0 aromatic heterocycles. The van der Waals surface area contributed by atoms with Gasteiger partial charge in [-0.15, -0.1) is 0 Å². The van der Waals surface area contributed by atoms with Crippen molar-refractivity contribution in [1.29, 1.82) is 0 Å². The van der Waals surface area contributed by atoms with Gasteiger partial charge in [-0.3, -0.25) is 14.4 Å². The highest BCUT2D eigenvalue weighted by atomic mass is 35.5. The predicted octanol–water partition coefficient (Wildman–Crippen LogP) is 2.62. The number of nitrogens with zero attached hydrogens (tertiary/aromatic N) is 1. The van der Waals surface area contributed by atoms with Gasteiger partial charge in [0.2, 0.25) is 11.8 Å². The lowest BCUT2D eigenvalue weighted by Crippen LogP contribution is -2.32. The van der Waals surface area contributed by atoms with Crippen LogP contribution < -0.4 is 15.5 Å². The molecular weight excluding hydrogens is 366 g/mol. The smallest absolute Gasteiger partial charge is 0.251 e. The molecule has 27 heavy (non-hydrogen) atoms. The highest BCUT2D eigenvalue weighted by Gasteiger charge is 2.35. The number of benzene rings is 2. The number of carbonyl (C=O) groups excluding carboxylic acids is 3. The average molecular weight is 384 g/mol. The molecule has 0 aliphatic carbocycles. The van der Waals surface area contributed by atoms with Crippen molar-refractivity contribution in [3.63, 3.8) is 0 Å². The Kier molecular flexibility index (Phi) is 4.58. The van der Waals surface area contributed by atoms with Crippen molar-refractivity contribution in [3.05, 3.63) is 58.6 Å². The summed E-state index contributed by atoms with van der Waals surface area (Å²) in [7, 11) is 0. The Bertz CT molecular complexity index is 927. The summed E-state index contributed by atoms with van der Waals surface area (Å²) in [5, 5.41) is 6.23. The highest BCUT2D eigenvalue weighted by Crippen LogP contribution is 2.27. The largest absolute Gasteiger partial charge is 0.352 e. The van der Waals surface area contributed by atoms with Gasteiger partial charge in [0.05, 0.1) is 5.92 Å². The first-order chi connectivity index (χ1) is 13.0. The number of rotatable bonds is 3. The average Bonchev–Trinajstić information content (AvgIpc) is 3.05. The lowest BCUT2D eigenvalue weighted by atomic mass is 9.99. The molecule has 0 bridgehead atoms. The number of fused-ring (bicyclic) bond motifs is 1. The third-order valence-electron chi connectivity index (χ3n) is 4.94. The Morgan fingerprint density at radius 1 is 1.15 bits per heavy atom. The first kappa shape index (κ1) is 17.5. The van der Waals surface area contributed by atoms with Gasteiger partial charge in [-0.1, -0.05) is 17.7 Å². The molecule has 1 fully saturated rings. The van der Waals surface area contributed by atoms with Crippen LogP contribution in [0.5, 0.6) is 0 Å². The molecule has 2 aliphatic rings. The Labute approximate surface area is 161 Å². The number of nitrogens with one attached hydrogen (secondary N) is 2. The van der Waals surface area contributed by atoms with Gasteiger partial charge in [0.1, 0.15) is 0 Å². The zero-order chi connectivity index (χ0) is 19.0. The number of hydrogen-bond donors (Lipinski definition) is 2. The molecule has 1 atom stereocenters. The predicted molar refractivity (Wildman–Crippen MR) is 103 cm³/mol. The summed E-state index contributed by atoms with van der Waals surface area (Å²) in [6.07, 6.45) is 0.933. The third-order valence-corrected chi connectivity index (χ3v) is 5.19. The summed E-state index contributed by atoms with van der Waals surface area (Å²) in [5.41, 5.74) is 2.85. The van der Waals surface area contributed by atoms with Crippen LogP contribution >= 0.6 is 11.6 Å². The first-order valence-electron chi connectivity index (χ1n) is 8.79. The summed E-state index contributed by atoms with van der Waals surface area (Å²) in [6, 6.07) is 12.3. The zero-order valence-corrected chi connectivity index (χ0v) is 15.3. The number of anilines is 2. The van der Waals surface area contributed by atoms with E-state index < -0.39 is 5.92 Å². The van der Waals surface area contributed by atoms with E-state index >= 15 is 0 Å². The normalized spacial score (nSPS) is 18.9. The van der Waals surface area contributed by atoms with Gasteiger partial charge in [0.15, 0.2) is 0 Å². The molecule has 2 heterocycles. The van der Waals surface area contributed by atoms with Crippen LogP contribution in [0.3, 0.4) is 0 Å². The second-order valence-corrected chi connectivity index (χ2v) is 7.19. The van der Waals surface area contributed by atoms with Gasteiger partial charge in [0, 0.05) is 41.5 Å². The Morgan fingerprint density at radius 3 is 2.70 bits per heavy atom. The van der Waals surface area contributed by atoms with E-state index in [1.54, 1.807) is 41.3 Å². The number of halogens is 1. The third kappa shape index (κ3) is 3.53. The van der Waals surface area contributed by atoms with Crippen LogP contribution in [0.25, 0.3) is 0 Å². The van der Waals surface area contributed by atoms with E-state index in [2.05, 4.69) is 10.6 Å². The molecule has 2 N–H and O–H groups in total. The van der Waals surface area contributed by atoms with Crippen LogP contribution in [0, 0.1) is 5.92 Å². The Morgan fingerprint density at radius 2 is 1.93 bits per heavy atom. The number of hydrogen-bond acceptors (Lipinski definition) is 3. The van der Waals surface area contributed by atoms with Gasteiger partial charge in [-0.05, 0) is 48.4 Å². The minimum atomic E-state index is -0.446. The van der Waals surface area contributed by atoms with E-state index in [1.165, 1.54) is 0 Å². The van der Waals surface area contributed by atoms with E-state index in [0.717, 1.165) is 17.7 Å². The molecule has 0 spiro atoms. The quantitative estimate of drug-likeness (QED) is 0.855. The molecule has 0 saturated carbocycles. The lowest BCUT2D eigenvalue weighted by molar-refractivity contribution is -0.122. The van der Waals surface area contributed by atoms with Crippen molar-refractivity contribution in [3.8, 4) is 0 Å². The van der Waals surface area contributed by atoms with E-state index in [4.69, 9.17) is 11.6 Å². The second-order valence-electron chi connectivity index (χ2n) is 6.75. The molecule has 1 saturated heterocycles. The van der Waals surface area contributed by atoms with Gasteiger partial charge in [0.25, 0.3) is 5.91 Å². The number of carbonyl (C=O) groups is 3. The summed E-state index contributed by atoms with van der Waals surface area (Å²) in [5.74, 6) is -0.895. The van der Waals surface area contributed by atoms with Crippen LogP contribution in [0.1, 0.15) is 22.3 Å². The first-order valence-corrected chi connectivity index (χ1v) is 9.17.